The number of pyridine rings is 1. The molecule has 1 unspecified atom stereocenters. The Balaban J connectivity index is 1.90. The summed E-state index contributed by atoms with van der Waals surface area (Å²) in [5.41, 5.74) is 4.53. The molecule has 0 fully saturated rings. The monoisotopic (exact) mass is 348 g/mol. The molecule has 0 aliphatic carbocycles. The van der Waals surface area contributed by atoms with Gasteiger partial charge in [-0.1, -0.05) is 30.3 Å². The van der Waals surface area contributed by atoms with E-state index in [4.69, 9.17) is 0 Å². The van der Waals surface area contributed by atoms with E-state index in [1.165, 1.54) is 12.1 Å². The van der Waals surface area contributed by atoms with Crippen LogP contribution in [0.5, 0.6) is 0 Å². The smallest absolute Gasteiger partial charge is 0.232 e. The highest BCUT2D eigenvalue weighted by Gasteiger charge is 2.22. The van der Waals surface area contributed by atoms with Crippen LogP contribution in [0.15, 0.2) is 66.9 Å². The summed E-state index contributed by atoms with van der Waals surface area (Å²) in [6.07, 6.45) is 2.16. The van der Waals surface area contributed by atoms with Gasteiger partial charge in [-0.2, -0.15) is 0 Å². The number of halogens is 1. The molecule has 0 bridgehead atoms. The fraction of sp³-hybridized carbons (Fsp3) is 0.182. The molecule has 0 spiro atoms. The largest absolute Gasteiger partial charge is 0.325 e. The number of carbonyl (C=O) groups is 1. The van der Waals surface area contributed by atoms with E-state index in [1.807, 2.05) is 50.2 Å². The number of hydrogen-bond donors (Lipinski definition) is 1. The minimum atomic E-state index is -0.453. The first kappa shape index (κ1) is 17.8. The van der Waals surface area contributed by atoms with Gasteiger partial charge >= 0.3 is 0 Å². The van der Waals surface area contributed by atoms with Gasteiger partial charge in [0.05, 0.1) is 5.92 Å². The van der Waals surface area contributed by atoms with Crippen molar-refractivity contribution in [3.8, 4) is 0 Å². The Morgan fingerprint density at radius 1 is 1.04 bits per heavy atom. The molecule has 1 heterocycles. The first-order chi connectivity index (χ1) is 12.5. The number of aromatic nitrogens is 1. The van der Waals surface area contributed by atoms with Crippen molar-refractivity contribution in [2.75, 3.05) is 5.32 Å². The first-order valence-electron chi connectivity index (χ1n) is 8.57. The van der Waals surface area contributed by atoms with Crippen LogP contribution in [-0.4, -0.2) is 10.9 Å². The molecule has 132 valence electrons. The lowest BCUT2D eigenvalue weighted by Crippen LogP contribution is -2.24. The second-order valence-corrected chi connectivity index (χ2v) is 6.37. The molecule has 1 aromatic heterocycles. The highest BCUT2D eigenvalue weighted by molar-refractivity contribution is 5.96. The fourth-order valence-electron chi connectivity index (χ4n) is 2.89. The highest BCUT2D eigenvalue weighted by Crippen LogP contribution is 2.25. The van der Waals surface area contributed by atoms with E-state index in [0.29, 0.717) is 6.42 Å². The average molecular weight is 348 g/mol. The SMILES string of the molecule is Cc1cccc(NC(=O)C(Cc2ccccn2)c2ccc(F)cc2)c1C. The number of nitrogens with zero attached hydrogens (tertiary/aromatic N) is 1. The van der Waals surface area contributed by atoms with Crippen molar-refractivity contribution in [2.45, 2.75) is 26.2 Å². The van der Waals surface area contributed by atoms with Gasteiger partial charge in [-0.3, -0.25) is 9.78 Å². The molecule has 0 aliphatic rings. The third kappa shape index (κ3) is 4.14. The summed E-state index contributed by atoms with van der Waals surface area (Å²) in [4.78, 5) is 17.4. The fourth-order valence-corrected chi connectivity index (χ4v) is 2.89. The summed E-state index contributed by atoms with van der Waals surface area (Å²) in [6, 6.07) is 17.5. The van der Waals surface area contributed by atoms with E-state index in [0.717, 1.165) is 28.1 Å². The molecule has 4 heteroatoms. The van der Waals surface area contributed by atoms with Crippen molar-refractivity contribution in [1.82, 2.24) is 4.98 Å². The second kappa shape index (κ2) is 7.91. The van der Waals surface area contributed by atoms with Crippen LogP contribution in [-0.2, 0) is 11.2 Å². The van der Waals surface area contributed by atoms with Crippen molar-refractivity contribution in [3.63, 3.8) is 0 Å². The maximum Gasteiger partial charge on any atom is 0.232 e. The molecule has 0 saturated heterocycles. The van der Waals surface area contributed by atoms with Gasteiger partial charge in [0.2, 0.25) is 5.91 Å². The zero-order chi connectivity index (χ0) is 18.5. The standard InChI is InChI=1S/C22H21FN2O/c1-15-6-5-8-21(16(15)2)25-22(26)20(14-19-7-3-4-13-24-19)17-9-11-18(23)12-10-17/h3-13,20H,14H2,1-2H3,(H,25,26). The van der Waals surface area contributed by atoms with E-state index in [-0.39, 0.29) is 11.7 Å². The molecule has 3 rings (SSSR count). The molecule has 1 atom stereocenters. The van der Waals surface area contributed by atoms with Crippen LogP contribution in [0.1, 0.15) is 28.3 Å². The predicted octanol–water partition coefficient (Wildman–Crippen LogP) is 4.80. The lowest BCUT2D eigenvalue weighted by molar-refractivity contribution is -0.117. The van der Waals surface area contributed by atoms with Crippen LogP contribution in [0, 0.1) is 19.7 Å². The molecule has 0 radical (unpaired) electrons. The summed E-state index contributed by atoms with van der Waals surface area (Å²) in [6.45, 7) is 3.99. The third-order valence-corrected chi connectivity index (χ3v) is 4.59. The normalized spacial score (nSPS) is 11.8. The van der Waals surface area contributed by atoms with Crippen molar-refractivity contribution in [1.29, 1.82) is 0 Å². The number of benzene rings is 2. The Bertz CT molecular complexity index is 892. The molecule has 1 N–H and O–H groups in total. The van der Waals surface area contributed by atoms with Crippen molar-refractivity contribution < 1.29 is 9.18 Å². The van der Waals surface area contributed by atoms with E-state index < -0.39 is 5.92 Å². The Morgan fingerprint density at radius 2 is 1.81 bits per heavy atom. The number of hydrogen-bond acceptors (Lipinski definition) is 2. The number of nitrogens with one attached hydrogen (secondary N) is 1. The summed E-state index contributed by atoms with van der Waals surface area (Å²) < 4.78 is 13.3. The van der Waals surface area contributed by atoms with Crippen LogP contribution >= 0.6 is 0 Å². The Labute approximate surface area is 152 Å². The molecule has 26 heavy (non-hydrogen) atoms. The van der Waals surface area contributed by atoms with E-state index in [9.17, 15) is 9.18 Å². The summed E-state index contributed by atoms with van der Waals surface area (Å²) in [7, 11) is 0. The van der Waals surface area contributed by atoms with E-state index in [1.54, 1.807) is 18.3 Å². The van der Waals surface area contributed by atoms with Crippen LogP contribution in [0.4, 0.5) is 10.1 Å². The average Bonchev–Trinajstić information content (AvgIpc) is 2.65. The Morgan fingerprint density at radius 3 is 2.50 bits per heavy atom. The lowest BCUT2D eigenvalue weighted by atomic mass is 9.92. The minimum absolute atomic E-state index is 0.129. The van der Waals surface area contributed by atoms with Crippen LogP contribution in [0.3, 0.4) is 0 Å². The molecular formula is C22H21FN2O. The van der Waals surface area contributed by atoms with Crippen LogP contribution in [0.2, 0.25) is 0 Å². The van der Waals surface area contributed by atoms with Gasteiger partial charge in [-0.15, -0.1) is 0 Å². The van der Waals surface area contributed by atoms with Crippen LogP contribution < -0.4 is 5.32 Å². The molecule has 3 aromatic rings. The second-order valence-electron chi connectivity index (χ2n) is 6.37. The van der Waals surface area contributed by atoms with Crippen molar-refractivity contribution >= 4 is 11.6 Å². The summed E-state index contributed by atoms with van der Waals surface area (Å²) in [5.74, 6) is -0.901. The van der Waals surface area contributed by atoms with Gasteiger partial charge in [-0.05, 0) is 60.9 Å². The lowest BCUT2D eigenvalue weighted by Gasteiger charge is -2.18. The van der Waals surface area contributed by atoms with Crippen LogP contribution in [0.25, 0.3) is 0 Å². The number of anilines is 1. The van der Waals surface area contributed by atoms with E-state index in [2.05, 4.69) is 10.3 Å². The molecule has 0 saturated carbocycles. The number of aryl methyl sites for hydroxylation is 1. The Kier molecular flexibility index (Phi) is 5.42. The topological polar surface area (TPSA) is 42.0 Å². The minimum Gasteiger partial charge on any atom is -0.325 e. The van der Waals surface area contributed by atoms with Gasteiger partial charge in [0.15, 0.2) is 0 Å². The predicted molar refractivity (Wildman–Crippen MR) is 102 cm³/mol. The Hall–Kier alpha value is -3.01. The summed E-state index contributed by atoms with van der Waals surface area (Å²) in [5, 5.41) is 3.02. The zero-order valence-corrected chi connectivity index (χ0v) is 14.9. The van der Waals surface area contributed by atoms with Gasteiger partial charge in [0, 0.05) is 24.0 Å². The van der Waals surface area contributed by atoms with Crippen molar-refractivity contribution in [2.24, 2.45) is 0 Å². The first-order valence-corrected chi connectivity index (χ1v) is 8.57. The van der Waals surface area contributed by atoms with Gasteiger partial charge in [0.25, 0.3) is 0 Å². The molecule has 0 aliphatic heterocycles. The molecule has 2 aromatic carbocycles. The molecular weight excluding hydrogens is 327 g/mol. The summed E-state index contributed by atoms with van der Waals surface area (Å²) >= 11 is 0. The number of amides is 1. The molecule has 1 amide bonds. The van der Waals surface area contributed by atoms with Gasteiger partial charge in [0.1, 0.15) is 5.82 Å². The van der Waals surface area contributed by atoms with Gasteiger partial charge in [-0.25, -0.2) is 4.39 Å². The highest BCUT2D eigenvalue weighted by atomic mass is 19.1. The third-order valence-electron chi connectivity index (χ3n) is 4.59. The number of rotatable bonds is 5. The zero-order valence-electron chi connectivity index (χ0n) is 14.9. The maximum atomic E-state index is 13.3. The maximum absolute atomic E-state index is 13.3. The quantitative estimate of drug-likeness (QED) is 0.719. The van der Waals surface area contributed by atoms with Gasteiger partial charge < -0.3 is 5.32 Å². The van der Waals surface area contributed by atoms with E-state index >= 15 is 0 Å². The van der Waals surface area contributed by atoms with Crippen molar-refractivity contribution in [3.05, 3.63) is 95.1 Å². The number of carbonyl (C=O) groups excluding carboxylic acids is 1. The molecule has 3 nitrogen and oxygen atoms in total.